The van der Waals surface area contributed by atoms with Crippen LogP contribution in [0.2, 0.25) is 0 Å². The molecule has 3 rings (SSSR count). The number of thiophene rings is 1. The molecular weight excluding hydrogens is 294 g/mol. The lowest BCUT2D eigenvalue weighted by molar-refractivity contribution is 0.920. The predicted molar refractivity (Wildman–Crippen MR) is 66.6 cm³/mol. The Labute approximate surface area is 103 Å². The van der Waals surface area contributed by atoms with Gasteiger partial charge in [0.25, 0.3) is 0 Å². The van der Waals surface area contributed by atoms with Gasteiger partial charge in [-0.2, -0.15) is 0 Å². The van der Waals surface area contributed by atoms with E-state index in [1.807, 2.05) is 17.5 Å². The lowest BCUT2D eigenvalue weighted by Crippen LogP contribution is -1.86. The van der Waals surface area contributed by atoms with Gasteiger partial charge in [0.05, 0.1) is 10.6 Å². The minimum absolute atomic E-state index is 0.867. The number of imidazole rings is 1. The first-order chi connectivity index (χ1) is 7.25. The molecule has 3 aromatic rings. The summed E-state index contributed by atoms with van der Waals surface area (Å²) in [5.41, 5.74) is 2.13. The molecule has 0 N–H and O–H groups in total. The van der Waals surface area contributed by atoms with Crippen LogP contribution in [0, 0.1) is 6.92 Å². The second kappa shape index (κ2) is 3.40. The number of hydrogen-bond donors (Lipinski definition) is 0. The average molecular weight is 300 g/mol. The molecule has 0 aromatic carbocycles. The molecule has 0 radical (unpaired) electrons. The Morgan fingerprint density at radius 2 is 2.33 bits per heavy atom. The largest absolute Gasteiger partial charge is 0.216 e. The van der Waals surface area contributed by atoms with Crippen LogP contribution in [0.4, 0.5) is 0 Å². The number of nitrogens with zero attached hydrogens (tertiary/aromatic N) is 3. The molecule has 0 spiro atoms. The molecular formula is C9H6BrN3S2. The van der Waals surface area contributed by atoms with Crippen LogP contribution in [0.25, 0.3) is 15.5 Å². The average Bonchev–Trinajstić information content (AvgIpc) is 2.84. The van der Waals surface area contributed by atoms with Crippen molar-refractivity contribution in [3.8, 4) is 10.6 Å². The molecule has 0 aliphatic rings. The van der Waals surface area contributed by atoms with Crippen LogP contribution in [-0.4, -0.2) is 14.6 Å². The van der Waals surface area contributed by atoms with E-state index in [1.165, 1.54) is 4.88 Å². The van der Waals surface area contributed by atoms with Crippen molar-refractivity contribution in [1.29, 1.82) is 0 Å². The lowest BCUT2D eigenvalue weighted by Gasteiger charge is -1.92. The van der Waals surface area contributed by atoms with Crippen molar-refractivity contribution in [3.05, 3.63) is 27.1 Å². The highest BCUT2D eigenvalue weighted by atomic mass is 79.9. The monoisotopic (exact) mass is 299 g/mol. The second-order valence-electron chi connectivity index (χ2n) is 3.07. The zero-order chi connectivity index (χ0) is 10.4. The van der Waals surface area contributed by atoms with Crippen LogP contribution < -0.4 is 0 Å². The summed E-state index contributed by atoms with van der Waals surface area (Å²) in [4.78, 5) is 6.70. The number of aromatic nitrogens is 3. The fourth-order valence-corrected chi connectivity index (χ4v) is 3.51. The summed E-state index contributed by atoms with van der Waals surface area (Å²) >= 11 is 6.61. The maximum atomic E-state index is 4.57. The van der Waals surface area contributed by atoms with Crippen LogP contribution >= 0.6 is 38.6 Å². The van der Waals surface area contributed by atoms with Gasteiger partial charge < -0.3 is 0 Å². The quantitative estimate of drug-likeness (QED) is 0.687. The molecule has 6 heteroatoms. The molecule has 76 valence electrons. The van der Waals surface area contributed by atoms with Crippen molar-refractivity contribution in [1.82, 2.24) is 14.6 Å². The highest BCUT2D eigenvalue weighted by molar-refractivity contribution is 9.11. The van der Waals surface area contributed by atoms with E-state index < -0.39 is 0 Å². The van der Waals surface area contributed by atoms with E-state index in [-0.39, 0.29) is 0 Å². The van der Waals surface area contributed by atoms with Gasteiger partial charge in [0.1, 0.15) is 5.69 Å². The zero-order valence-electron chi connectivity index (χ0n) is 7.77. The lowest BCUT2D eigenvalue weighted by atomic mass is 10.3. The number of fused-ring (bicyclic) bond motifs is 1. The third-order valence-corrected chi connectivity index (χ3v) is 4.38. The van der Waals surface area contributed by atoms with Gasteiger partial charge >= 0.3 is 0 Å². The summed E-state index contributed by atoms with van der Waals surface area (Å²) in [6, 6.07) is 4.12. The summed E-state index contributed by atoms with van der Waals surface area (Å²) in [5, 5.41) is 6.40. The molecule has 0 atom stereocenters. The second-order valence-corrected chi connectivity index (χ2v) is 6.25. The third-order valence-electron chi connectivity index (χ3n) is 2.16. The van der Waals surface area contributed by atoms with Crippen molar-refractivity contribution in [2.24, 2.45) is 0 Å². The van der Waals surface area contributed by atoms with Gasteiger partial charge in [-0.1, -0.05) is 17.4 Å². The van der Waals surface area contributed by atoms with E-state index in [1.54, 1.807) is 22.7 Å². The highest BCUT2D eigenvalue weighted by Gasteiger charge is 2.14. The Bertz CT molecular complexity index is 609. The van der Waals surface area contributed by atoms with Crippen LogP contribution in [0.1, 0.15) is 5.69 Å². The molecule has 0 aliphatic heterocycles. The molecule has 3 nitrogen and oxygen atoms in total. The third kappa shape index (κ3) is 1.44. The van der Waals surface area contributed by atoms with Gasteiger partial charge in [-0.3, -0.25) is 0 Å². The first kappa shape index (κ1) is 9.50. The van der Waals surface area contributed by atoms with Gasteiger partial charge in [0.15, 0.2) is 3.92 Å². The number of hydrogen-bond acceptors (Lipinski definition) is 4. The summed E-state index contributed by atoms with van der Waals surface area (Å²) < 4.78 is 2.75. The molecule has 0 aliphatic carbocycles. The topological polar surface area (TPSA) is 30.2 Å². The van der Waals surface area contributed by atoms with E-state index in [4.69, 9.17) is 0 Å². The van der Waals surface area contributed by atoms with Crippen molar-refractivity contribution >= 4 is 43.6 Å². The van der Waals surface area contributed by atoms with Crippen LogP contribution in [0.3, 0.4) is 0 Å². The SMILES string of the molecule is Cc1c(-c2cccs2)nc2sc(Br)nn12. The Morgan fingerprint density at radius 3 is 3.00 bits per heavy atom. The molecule has 0 bridgehead atoms. The molecule has 0 fully saturated rings. The fraction of sp³-hybridized carbons (Fsp3) is 0.111. The number of halogens is 1. The Morgan fingerprint density at radius 1 is 1.47 bits per heavy atom. The minimum Gasteiger partial charge on any atom is -0.216 e. The maximum absolute atomic E-state index is 4.57. The molecule has 3 heterocycles. The van der Waals surface area contributed by atoms with Gasteiger partial charge in [0, 0.05) is 0 Å². The normalized spacial score (nSPS) is 11.3. The number of rotatable bonds is 1. The van der Waals surface area contributed by atoms with Crippen molar-refractivity contribution in [2.45, 2.75) is 6.92 Å². The van der Waals surface area contributed by atoms with Gasteiger partial charge in [-0.25, -0.2) is 9.50 Å². The maximum Gasteiger partial charge on any atom is 0.213 e. The van der Waals surface area contributed by atoms with E-state index >= 15 is 0 Å². The van der Waals surface area contributed by atoms with Crippen molar-refractivity contribution < 1.29 is 0 Å². The highest BCUT2D eigenvalue weighted by Crippen LogP contribution is 2.30. The molecule has 0 unspecified atom stereocenters. The molecule has 0 saturated heterocycles. The zero-order valence-corrected chi connectivity index (χ0v) is 11.0. The summed E-state index contributed by atoms with van der Waals surface area (Å²) in [7, 11) is 0. The Balaban J connectivity index is 2.29. The summed E-state index contributed by atoms with van der Waals surface area (Å²) in [5.74, 6) is 0. The van der Waals surface area contributed by atoms with Gasteiger partial charge in [-0.05, 0) is 34.3 Å². The minimum atomic E-state index is 0.867. The molecule has 15 heavy (non-hydrogen) atoms. The van der Waals surface area contributed by atoms with Crippen LogP contribution in [0.5, 0.6) is 0 Å². The molecule has 0 amide bonds. The van der Waals surface area contributed by atoms with Crippen molar-refractivity contribution in [2.75, 3.05) is 0 Å². The smallest absolute Gasteiger partial charge is 0.213 e. The van der Waals surface area contributed by atoms with Crippen LogP contribution in [0.15, 0.2) is 21.4 Å². The van der Waals surface area contributed by atoms with Gasteiger partial charge in [0.2, 0.25) is 4.96 Å². The Hall–Kier alpha value is -0.720. The van der Waals surface area contributed by atoms with Gasteiger partial charge in [-0.15, -0.1) is 16.4 Å². The van der Waals surface area contributed by atoms with Crippen molar-refractivity contribution in [3.63, 3.8) is 0 Å². The molecule has 3 aromatic heterocycles. The van der Waals surface area contributed by atoms with E-state index in [0.29, 0.717) is 0 Å². The first-order valence-corrected chi connectivity index (χ1v) is 6.80. The fourth-order valence-electron chi connectivity index (χ4n) is 1.47. The number of aryl methyl sites for hydroxylation is 1. The van der Waals surface area contributed by atoms with E-state index in [2.05, 4.69) is 37.5 Å². The summed E-state index contributed by atoms with van der Waals surface area (Å²) in [6.45, 7) is 2.04. The summed E-state index contributed by atoms with van der Waals surface area (Å²) in [6.07, 6.45) is 0. The van der Waals surface area contributed by atoms with E-state index in [9.17, 15) is 0 Å². The standard InChI is InChI=1S/C9H6BrN3S2/c1-5-7(6-3-2-4-14-6)11-9-13(5)12-8(10)15-9/h2-4H,1H3. The Kier molecular flexibility index (Phi) is 2.15. The van der Waals surface area contributed by atoms with E-state index in [0.717, 1.165) is 20.3 Å². The van der Waals surface area contributed by atoms with Crippen LogP contribution in [-0.2, 0) is 0 Å². The predicted octanol–water partition coefficient (Wildman–Crippen LogP) is 3.59. The molecule has 0 saturated carbocycles. The first-order valence-electron chi connectivity index (χ1n) is 4.31.